The minimum absolute atomic E-state index is 0.0105. The number of hydrogen-bond donors (Lipinski definition) is 1. The zero-order chi connectivity index (χ0) is 18.3. The summed E-state index contributed by atoms with van der Waals surface area (Å²) in [4.78, 5) is 24.9. The number of nitrogens with zero attached hydrogens (tertiary/aromatic N) is 4. The number of pyridine rings is 1. The molecule has 1 aliphatic rings. The highest BCUT2D eigenvalue weighted by atomic mass is 32.2. The summed E-state index contributed by atoms with van der Waals surface area (Å²) in [5.74, 6) is 0.416. The first-order chi connectivity index (χ1) is 12.6. The van der Waals surface area contributed by atoms with E-state index in [0.29, 0.717) is 36.7 Å². The molecule has 0 aliphatic carbocycles. The number of rotatable bonds is 3. The van der Waals surface area contributed by atoms with E-state index < -0.39 is 0 Å². The number of aromatic nitrogens is 3. The van der Waals surface area contributed by atoms with Gasteiger partial charge in [-0.25, -0.2) is 9.97 Å². The van der Waals surface area contributed by atoms with Crippen LogP contribution in [0.15, 0.2) is 35.4 Å². The second-order valence-electron chi connectivity index (χ2n) is 6.39. The van der Waals surface area contributed by atoms with Gasteiger partial charge in [-0.05, 0) is 48.9 Å². The molecule has 1 aromatic carbocycles. The Balaban J connectivity index is 1.60. The van der Waals surface area contributed by atoms with Crippen LogP contribution in [-0.4, -0.2) is 38.1 Å². The van der Waals surface area contributed by atoms with Gasteiger partial charge in [-0.3, -0.25) is 9.36 Å². The lowest BCUT2D eigenvalue weighted by Crippen LogP contribution is -2.36. The molecule has 0 atom stereocenters. The molecule has 4 rings (SSSR count). The number of nitrogens with two attached hydrogens (primary N) is 1. The predicted octanol–water partition coefficient (Wildman–Crippen LogP) is 2.95. The Morgan fingerprint density at radius 2 is 2.15 bits per heavy atom. The monoisotopic (exact) mass is 367 g/mol. The van der Waals surface area contributed by atoms with E-state index in [2.05, 4.69) is 34.4 Å². The molecule has 1 aliphatic heterocycles. The fraction of sp³-hybridized carbons (Fsp3) is 0.316. The molecule has 0 bridgehead atoms. The Hall–Kier alpha value is -2.54. The van der Waals surface area contributed by atoms with E-state index in [0.717, 1.165) is 12.1 Å². The summed E-state index contributed by atoms with van der Waals surface area (Å²) < 4.78 is 1.84. The second-order valence-corrected chi connectivity index (χ2v) is 7.27. The van der Waals surface area contributed by atoms with E-state index in [4.69, 9.17) is 5.73 Å². The van der Waals surface area contributed by atoms with Crippen LogP contribution < -0.4 is 5.73 Å². The van der Waals surface area contributed by atoms with Crippen LogP contribution in [0.4, 0.5) is 5.95 Å². The topological polar surface area (TPSA) is 77.0 Å². The van der Waals surface area contributed by atoms with Crippen LogP contribution in [-0.2, 0) is 19.5 Å². The normalized spacial score (nSPS) is 13.8. The van der Waals surface area contributed by atoms with Crippen molar-refractivity contribution in [3.63, 3.8) is 0 Å². The largest absolute Gasteiger partial charge is 0.369 e. The van der Waals surface area contributed by atoms with Gasteiger partial charge >= 0.3 is 0 Å². The van der Waals surface area contributed by atoms with Crippen LogP contribution >= 0.6 is 11.8 Å². The van der Waals surface area contributed by atoms with Crippen molar-refractivity contribution in [2.45, 2.75) is 31.3 Å². The minimum atomic E-state index is -0.0105. The number of fused-ring (bicyclic) bond motifs is 2. The number of carbonyl (C=O) groups is 1. The number of nitrogen functional groups attached to an aromatic ring is 1. The number of anilines is 1. The maximum Gasteiger partial charge on any atom is 0.255 e. The lowest BCUT2D eigenvalue weighted by molar-refractivity contribution is 0.0734. The van der Waals surface area contributed by atoms with E-state index in [-0.39, 0.29) is 5.91 Å². The van der Waals surface area contributed by atoms with E-state index in [1.807, 2.05) is 16.4 Å². The molecule has 7 heteroatoms. The maximum absolute atomic E-state index is 13.0. The second kappa shape index (κ2) is 6.64. The maximum atomic E-state index is 13.0. The Bertz CT molecular complexity index is 997. The van der Waals surface area contributed by atoms with Crippen LogP contribution in [0.25, 0.3) is 11.2 Å². The van der Waals surface area contributed by atoms with Crippen molar-refractivity contribution in [1.29, 1.82) is 0 Å². The van der Waals surface area contributed by atoms with Crippen LogP contribution in [0.1, 0.15) is 28.4 Å². The first kappa shape index (κ1) is 16.9. The fourth-order valence-corrected chi connectivity index (χ4v) is 3.93. The number of aryl methyl sites for hydroxylation is 1. The third-order valence-electron chi connectivity index (χ3n) is 4.89. The molecule has 0 radical (unpaired) electrons. The van der Waals surface area contributed by atoms with Gasteiger partial charge in [-0.15, -0.1) is 11.8 Å². The number of thioether (sulfide) groups is 1. The van der Waals surface area contributed by atoms with Crippen molar-refractivity contribution in [2.24, 2.45) is 0 Å². The predicted molar refractivity (Wildman–Crippen MR) is 104 cm³/mol. The molecule has 3 aromatic rings. The first-order valence-electron chi connectivity index (χ1n) is 8.67. The number of hydrogen-bond acceptors (Lipinski definition) is 5. The molecular formula is C19H21N5OS. The van der Waals surface area contributed by atoms with E-state index in [9.17, 15) is 4.79 Å². The summed E-state index contributed by atoms with van der Waals surface area (Å²) >= 11 is 1.74. The highest BCUT2D eigenvalue weighted by Crippen LogP contribution is 2.26. The molecule has 134 valence electrons. The highest BCUT2D eigenvalue weighted by Gasteiger charge is 2.23. The molecule has 0 fully saturated rings. The third-order valence-corrected chi connectivity index (χ3v) is 5.62. The number of amides is 1. The van der Waals surface area contributed by atoms with Gasteiger partial charge in [-0.1, -0.05) is 6.07 Å². The van der Waals surface area contributed by atoms with Gasteiger partial charge in [0.2, 0.25) is 5.95 Å². The average molecular weight is 367 g/mol. The zero-order valence-corrected chi connectivity index (χ0v) is 15.7. The van der Waals surface area contributed by atoms with Gasteiger partial charge in [0.05, 0.1) is 5.56 Å². The fourth-order valence-electron chi connectivity index (χ4n) is 3.47. The van der Waals surface area contributed by atoms with Crippen molar-refractivity contribution in [2.75, 3.05) is 18.5 Å². The summed E-state index contributed by atoms with van der Waals surface area (Å²) in [6.07, 6.45) is 4.59. The molecule has 26 heavy (non-hydrogen) atoms. The molecule has 0 spiro atoms. The quantitative estimate of drug-likeness (QED) is 0.720. The SMILES string of the molecule is CCn1c(N)nc2cc(C(=O)N3CCc4cc(SC)ccc4C3)cnc21. The highest BCUT2D eigenvalue weighted by molar-refractivity contribution is 7.98. The molecular weight excluding hydrogens is 346 g/mol. The summed E-state index contributed by atoms with van der Waals surface area (Å²) in [5, 5.41) is 0. The van der Waals surface area contributed by atoms with E-state index >= 15 is 0 Å². The van der Waals surface area contributed by atoms with Gasteiger partial charge in [0.1, 0.15) is 5.52 Å². The lowest BCUT2D eigenvalue weighted by Gasteiger charge is -2.29. The molecule has 3 heterocycles. The van der Waals surface area contributed by atoms with Gasteiger partial charge in [-0.2, -0.15) is 0 Å². The zero-order valence-electron chi connectivity index (χ0n) is 14.9. The summed E-state index contributed by atoms with van der Waals surface area (Å²) in [6, 6.07) is 8.27. The lowest BCUT2D eigenvalue weighted by atomic mass is 9.99. The van der Waals surface area contributed by atoms with Crippen LogP contribution in [0.2, 0.25) is 0 Å². The van der Waals surface area contributed by atoms with Gasteiger partial charge in [0, 0.05) is 30.7 Å². The van der Waals surface area contributed by atoms with Crippen molar-refractivity contribution in [3.8, 4) is 0 Å². The van der Waals surface area contributed by atoms with Gasteiger partial charge in [0.15, 0.2) is 5.65 Å². The Labute approximate surface area is 156 Å². The molecule has 1 amide bonds. The Morgan fingerprint density at radius 1 is 1.31 bits per heavy atom. The van der Waals surface area contributed by atoms with Crippen LogP contribution in [0.3, 0.4) is 0 Å². The molecule has 2 N–H and O–H groups in total. The van der Waals surface area contributed by atoms with Crippen LogP contribution in [0, 0.1) is 0 Å². The number of benzene rings is 1. The molecule has 0 saturated carbocycles. The Kier molecular flexibility index (Phi) is 4.32. The molecule has 6 nitrogen and oxygen atoms in total. The third kappa shape index (κ3) is 2.82. The first-order valence-corrected chi connectivity index (χ1v) is 9.90. The van der Waals surface area contributed by atoms with Gasteiger partial charge in [0.25, 0.3) is 5.91 Å². The van der Waals surface area contributed by atoms with E-state index in [1.54, 1.807) is 24.0 Å². The molecule has 0 unspecified atom stereocenters. The molecule has 2 aromatic heterocycles. The van der Waals surface area contributed by atoms with Crippen molar-refractivity contribution < 1.29 is 4.79 Å². The van der Waals surface area contributed by atoms with Crippen molar-refractivity contribution >= 4 is 34.8 Å². The smallest absolute Gasteiger partial charge is 0.255 e. The minimum Gasteiger partial charge on any atom is -0.369 e. The number of imidazole rings is 1. The average Bonchev–Trinajstić information content (AvgIpc) is 3.00. The van der Waals surface area contributed by atoms with Crippen molar-refractivity contribution in [1.82, 2.24) is 19.4 Å². The standard InChI is InChI=1S/C19H21N5OS/c1-3-24-17-16(22-19(24)20)9-14(10-21-17)18(25)23-7-6-12-8-15(26-2)5-4-13(12)11-23/h4-5,8-10H,3,6-7,11H2,1-2H3,(H2,20,22). The summed E-state index contributed by atoms with van der Waals surface area (Å²) in [5.41, 5.74) is 10.4. The Morgan fingerprint density at radius 3 is 2.92 bits per heavy atom. The summed E-state index contributed by atoms with van der Waals surface area (Å²) in [6.45, 7) is 4.04. The van der Waals surface area contributed by atoms with Crippen molar-refractivity contribution in [3.05, 3.63) is 47.2 Å². The van der Waals surface area contributed by atoms with Gasteiger partial charge < -0.3 is 10.6 Å². The molecule has 0 saturated heterocycles. The summed E-state index contributed by atoms with van der Waals surface area (Å²) in [7, 11) is 0. The van der Waals surface area contributed by atoms with Crippen LogP contribution in [0.5, 0.6) is 0 Å². The van der Waals surface area contributed by atoms with E-state index in [1.165, 1.54) is 16.0 Å². The number of carbonyl (C=O) groups excluding carboxylic acids is 1.